The van der Waals surface area contributed by atoms with Crippen LogP contribution in [0.5, 0.6) is 11.5 Å². The summed E-state index contributed by atoms with van der Waals surface area (Å²) in [4.78, 5) is 23.7. The monoisotopic (exact) mass is 423 g/mol. The van der Waals surface area contributed by atoms with E-state index in [0.29, 0.717) is 36.8 Å². The molecule has 0 unspecified atom stereocenters. The molecule has 0 bridgehead atoms. The number of pyridine rings is 1. The van der Waals surface area contributed by atoms with Crippen molar-refractivity contribution in [3.8, 4) is 22.8 Å². The number of methoxy groups -OCH3 is 2. The van der Waals surface area contributed by atoms with Gasteiger partial charge in [0.05, 0.1) is 30.9 Å². The number of rotatable bonds is 8. The Hall–Kier alpha value is -1.80. The van der Waals surface area contributed by atoms with Crippen molar-refractivity contribution >= 4 is 5.97 Å². The summed E-state index contributed by atoms with van der Waals surface area (Å²) in [6, 6.07) is 5.18. The number of carboxylic acid groups (broad SMARTS) is 1. The van der Waals surface area contributed by atoms with Crippen molar-refractivity contribution in [3.63, 3.8) is 0 Å². The van der Waals surface area contributed by atoms with Crippen LogP contribution in [0.25, 0.3) is 11.3 Å². The molecule has 0 saturated carbocycles. The van der Waals surface area contributed by atoms with Gasteiger partial charge in [0, 0.05) is 44.0 Å². The number of fused-ring (bicyclic) bond motifs is 3. The molecule has 1 aliphatic heterocycles. The van der Waals surface area contributed by atoms with Crippen molar-refractivity contribution in [2.75, 3.05) is 27.4 Å². The van der Waals surface area contributed by atoms with Gasteiger partial charge in [-0.15, -0.1) is 0 Å². The van der Waals surface area contributed by atoms with Gasteiger partial charge in [0.15, 0.2) is 16.9 Å². The number of aromatic nitrogens is 1. The number of carbonyl (C=O) groups is 1. The van der Waals surface area contributed by atoms with Gasteiger partial charge in [-0.3, -0.25) is 4.79 Å². The topological polar surface area (TPSA) is 89.8 Å². The first-order chi connectivity index (χ1) is 13.9. The molecule has 0 radical (unpaired) electrons. The maximum absolute atomic E-state index is 12.3. The van der Waals surface area contributed by atoms with Crippen molar-refractivity contribution in [3.05, 3.63) is 45.7 Å². The summed E-state index contributed by atoms with van der Waals surface area (Å²) in [6.45, 7) is 5.26. The molecule has 3 rings (SSSR count). The van der Waals surface area contributed by atoms with E-state index < -0.39 is 11.4 Å². The molecular formula is C22H26NNaO6. The second kappa shape index (κ2) is 10.5. The number of carboxylic acids is 1. The number of hydrogen-bond acceptors (Lipinski definition) is 6. The fourth-order valence-electron chi connectivity index (χ4n) is 3.74. The number of carbonyl (C=O) groups excluding carboxylic acids is 1. The molecule has 30 heavy (non-hydrogen) atoms. The largest absolute Gasteiger partial charge is 1.00 e. The summed E-state index contributed by atoms with van der Waals surface area (Å²) in [6.07, 6.45) is 2.85. The fourth-order valence-corrected chi connectivity index (χ4v) is 3.74. The number of ether oxygens (including phenoxy) is 3. The third-order valence-corrected chi connectivity index (χ3v) is 5.27. The Labute approximate surface area is 198 Å². The molecule has 156 valence electrons. The van der Waals surface area contributed by atoms with Gasteiger partial charge >= 0.3 is 29.6 Å². The fraction of sp³-hybridized carbons (Fsp3) is 0.455. The standard InChI is InChI=1S/C22H27NO6.Na/c1-13(2)17-8-14-9-21(29-7-5-6-27-3)20(28-4)10-15(14)18-11-19(24)16(22(25)26)12-23(17)18;/h9-13,17H,5-8H2,1-4H3,(H,25,26);/q;+1/p-1/t17-;/m0./s1. The Morgan fingerprint density at radius 2 is 1.93 bits per heavy atom. The van der Waals surface area contributed by atoms with E-state index >= 15 is 0 Å². The second-order valence-electron chi connectivity index (χ2n) is 7.50. The summed E-state index contributed by atoms with van der Waals surface area (Å²) in [5, 5.41) is 11.4. The summed E-state index contributed by atoms with van der Waals surface area (Å²) in [7, 11) is 3.21. The molecule has 0 fully saturated rings. The number of nitrogens with zero attached hydrogens (tertiary/aromatic N) is 1. The summed E-state index contributed by atoms with van der Waals surface area (Å²) >= 11 is 0. The molecule has 0 amide bonds. The van der Waals surface area contributed by atoms with Crippen LogP contribution in [0.3, 0.4) is 0 Å². The van der Waals surface area contributed by atoms with Crippen molar-refractivity contribution in [2.45, 2.75) is 32.7 Å². The molecule has 1 aliphatic rings. The molecule has 1 atom stereocenters. The third-order valence-electron chi connectivity index (χ3n) is 5.27. The van der Waals surface area contributed by atoms with Crippen LogP contribution in [0.4, 0.5) is 0 Å². The van der Waals surface area contributed by atoms with Gasteiger partial charge in [-0.1, -0.05) is 13.8 Å². The van der Waals surface area contributed by atoms with Crippen LogP contribution in [0.1, 0.15) is 42.2 Å². The van der Waals surface area contributed by atoms with Crippen LogP contribution < -0.4 is 49.6 Å². The van der Waals surface area contributed by atoms with Crippen LogP contribution in [0, 0.1) is 5.92 Å². The molecule has 0 aliphatic carbocycles. The van der Waals surface area contributed by atoms with Gasteiger partial charge in [0.2, 0.25) is 0 Å². The van der Waals surface area contributed by atoms with Gasteiger partial charge in [-0.25, -0.2) is 0 Å². The van der Waals surface area contributed by atoms with Crippen molar-refractivity contribution in [1.29, 1.82) is 0 Å². The SMILES string of the molecule is COCCCOc1cc2c(cc1OC)-c1cc(=O)c(C(=O)[O-])cn1[C@H](C(C)C)C2.[Na+]. The summed E-state index contributed by atoms with van der Waals surface area (Å²) in [5.41, 5.74) is 1.65. The quantitative estimate of drug-likeness (QED) is 0.402. The zero-order chi connectivity index (χ0) is 21.1. The van der Waals surface area contributed by atoms with Crippen LogP contribution >= 0.6 is 0 Å². The molecule has 7 nitrogen and oxygen atoms in total. The van der Waals surface area contributed by atoms with Crippen molar-refractivity contribution in [2.24, 2.45) is 5.92 Å². The Balaban J connectivity index is 0.00000320. The van der Waals surface area contributed by atoms with E-state index in [1.165, 1.54) is 12.3 Å². The predicted molar refractivity (Wildman–Crippen MR) is 107 cm³/mol. The maximum atomic E-state index is 12.3. The zero-order valence-corrected chi connectivity index (χ0v) is 20.2. The van der Waals surface area contributed by atoms with Gasteiger partial charge < -0.3 is 28.7 Å². The Morgan fingerprint density at radius 3 is 2.53 bits per heavy atom. The van der Waals surface area contributed by atoms with Crippen LogP contribution in [0.15, 0.2) is 29.2 Å². The van der Waals surface area contributed by atoms with E-state index in [2.05, 4.69) is 13.8 Å². The number of aromatic carboxylic acids is 1. The summed E-state index contributed by atoms with van der Waals surface area (Å²) < 4.78 is 18.3. The number of hydrogen-bond donors (Lipinski definition) is 0. The Kier molecular flexibility index (Phi) is 8.55. The molecule has 0 saturated heterocycles. The first-order valence-corrected chi connectivity index (χ1v) is 9.68. The van der Waals surface area contributed by atoms with Crippen LogP contribution in [0.2, 0.25) is 0 Å². The van der Waals surface area contributed by atoms with Gasteiger partial charge in [-0.2, -0.15) is 0 Å². The van der Waals surface area contributed by atoms with E-state index in [1.54, 1.807) is 14.2 Å². The average Bonchev–Trinajstić information content (AvgIpc) is 2.69. The van der Waals surface area contributed by atoms with E-state index in [4.69, 9.17) is 14.2 Å². The molecule has 8 heteroatoms. The third kappa shape index (κ3) is 4.91. The number of benzene rings is 1. The van der Waals surface area contributed by atoms with Gasteiger partial charge in [0.25, 0.3) is 0 Å². The average molecular weight is 423 g/mol. The first kappa shape index (κ1) is 24.5. The van der Waals surface area contributed by atoms with Crippen molar-refractivity contribution < 1.29 is 53.7 Å². The minimum atomic E-state index is -1.46. The van der Waals surface area contributed by atoms with E-state index in [0.717, 1.165) is 17.5 Å². The van der Waals surface area contributed by atoms with Crippen molar-refractivity contribution in [1.82, 2.24) is 4.57 Å². The smallest absolute Gasteiger partial charge is 0.545 e. The maximum Gasteiger partial charge on any atom is 1.00 e. The molecule has 2 heterocycles. The first-order valence-electron chi connectivity index (χ1n) is 9.68. The Morgan fingerprint density at radius 1 is 1.20 bits per heavy atom. The molecule has 0 N–H and O–H groups in total. The molecule has 2 aromatic rings. The minimum absolute atomic E-state index is 0. The van der Waals surface area contributed by atoms with Gasteiger partial charge in [0.1, 0.15) is 0 Å². The van der Waals surface area contributed by atoms with Crippen LogP contribution in [-0.4, -0.2) is 38.0 Å². The van der Waals surface area contributed by atoms with Gasteiger partial charge in [-0.05, 0) is 30.0 Å². The molecule has 0 spiro atoms. The second-order valence-corrected chi connectivity index (χ2v) is 7.50. The Bertz CT molecular complexity index is 969. The van der Waals surface area contributed by atoms with E-state index in [9.17, 15) is 14.7 Å². The molecule has 1 aromatic carbocycles. The predicted octanol–water partition coefficient (Wildman–Crippen LogP) is -0.940. The zero-order valence-electron chi connectivity index (χ0n) is 18.2. The summed E-state index contributed by atoms with van der Waals surface area (Å²) in [5.74, 6) is -0.0256. The van der Waals surface area contributed by atoms with E-state index in [1.807, 2.05) is 16.7 Å². The molecule has 1 aromatic heterocycles. The van der Waals surface area contributed by atoms with E-state index in [-0.39, 0.29) is 47.1 Å². The van der Waals surface area contributed by atoms with Crippen LogP contribution in [-0.2, 0) is 11.2 Å². The normalized spacial score (nSPS) is 14.5. The molecular weight excluding hydrogens is 397 g/mol. The minimum Gasteiger partial charge on any atom is -0.545 e.